The standard InChI is InChI=1S/C11H14O4/c1-6(2)9-8(12)5-4-7(11(13)14)10(9)15-3/h4-6,12H,1-3H3,(H,13,14). The van der Waals surface area contributed by atoms with Crippen molar-refractivity contribution >= 4 is 5.97 Å². The Balaban J connectivity index is 3.47. The van der Waals surface area contributed by atoms with Gasteiger partial charge in [0.25, 0.3) is 0 Å². The number of carboxylic acids is 1. The minimum atomic E-state index is -1.06. The van der Waals surface area contributed by atoms with Gasteiger partial charge in [-0.2, -0.15) is 0 Å². The van der Waals surface area contributed by atoms with E-state index in [-0.39, 0.29) is 23.0 Å². The predicted molar refractivity (Wildman–Crippen MR) is 55.7 cm³/mol. The molecule has 1 rings (SSSR count). The molecule has 1 aromatic carbocycles. The van der Waals surface area contributed by atoms with Gasteiger partial charge < -0.3 is 14.9 Å². The zero-order valence-corrected chi connectivity index (χ0v) is 8.94. The van der Waals surface area contributed by atoms with Gasteiger partial charge in [0.1, 0.15) is 17.1 Å². The Hall–Kier alpha value is -1.71. The zero-order chi connectivity index (χ0) is 11.6. The van der Waals surface area contributed by atoms with Gasteiger partial charge in [0.15, 0.2) is 0 Å². The molecule has 0 fully saturated rings. The average Bonchev–Trinajstić information content (AvgIpc) is 2.15. The zero-order valence-electron chi connectivity index (χ0n) is 8.94. The molecule has 0 spiro atoms. The van der Waals surface area contributed by atoms with Gasteiger partial charge in [-0.1, -0.05) is 13.8 Å². The van der Waals surface area contributed by atoms with E-state index < -0.39 is 5.97 Å². The molecule has 0 aliphatic carbocycles. The van der Waals surface area contributed by atoms with Gasteiger partial charge in [-0.3, -0.25) is 0 Å². The predicted octanol–water partition coefficient (Wildman–Crippen LogP) is 2.22. The number of phenolic OH excluding ortho intramolecular Hbond substituents is 1. The summed E-state index contributed by atoms with van der Waals surface area (Å²) in [5.41, 5.74) is 0.594. The smallest absolute Gasteiger partial charge is 0.339 e. The van der Waals surface area contributed by atoms with E-state index >= 15 is 0 Å². The highest BCUT2D eigenvalue weighted by molar-refractivity contribution is 5.92. The first-order valence-corrected chi connectivity index (χ1v) is 4.62. The molecule has 0 aromatic heterocycles. The Kier molecular flexibility index (Phi) is 3.19. The van der Waals surface area contributed by atoms with Crippen molar-refractivity contribution in [2.24, 2.45) is 0 Å². The monoisotopic (exact) mass is 210 g/mol. The van der Waals surface area contributed by atoms with Crippen molar-refractivity contribution < 1.29 is 19.7 Å². The first kappa shape index (κ1) is 11.4. The lowest BCUT2D eigenvalue weighted by Gasteiger charge is -2.15. The number of hydrogen-bond acceptors (Lipinski definition) is 3. The third-order valence-electron chi connectivity index (χ3n) is 2.18. The van der Waals surface area contributed by atoms with Crippen LogP contribution in [0.25, 0.3) is 0 Å². The third kappa shape index (κ3) is 2.03. The lowest BCUT2D eigenvalue weighted by atomic mass is 9.98. The molecule has 0 saturated carbocycles. The van der Waals surface area contributed by atoms with Gasteiger partial charge in [0.2, 0.25) is 0 Å². The van der Waals surface area contributed by atoms with Gasteiger partial charge in [-0.15, -0.1) is 0 Å². The van der Waals surface area contributed by atoms with E-state index in [0.29, 0.717) is 5.56 Å². The molecular weight excluding hydrogens is 196 g/mol. The van der Waals surface area contributed by atoms with Crippen molar-refractivity contribution in [1.29, 1.82) is 0 Å². The van der Waals surface area contributed by atoms with Crippen LogP contribution in [0, 0.1) is 0 Å². The van der Waals surface area contributed by atoms with Gasteiger partial charge in [0, 0.05) is 5.56 Å². The molecule has 4 heteroatoms. The number of methoxy groups -OCH3 is 1. The number of phenols is 1. The second-order valence-electron chi connectivity index (χ2n) is 3.54. The fourth-order valence-electron chi connectivity index (χ4n) is 1.54. The Morgan fingerprint density at radius 2 is 2.00 bits per heavy atom. The van der Waals surface area contributed by atoms with Crippen LogP contribution in [-0.4, -0.2) is 23.3 Å². The van der Waals surface area contributed by atoms with E-state index in [1.54, 1.807) is 0 Å². The Labute approximate surface area is 88.1 Å². The lowest BCUT2D eigenvalue weighted by molar-refractivity contribution is 0.0693. The number of benzene rings is 1. The van der Waals surface area contributed by atoms with Crippen LogP contribution in [0.5, 0.6) is 11.5 Å². The molecule has 0 amide bonds. The topological polar surface area (TPSA) is 66.8 Å². The summed E-state index contributed by atoms with van der Waals surface area (Å²) in [6, 6.07) is 2.71. The van der Waals surface area contributed by atoms with Gasteiger partial charge in [-0.25, -0.2) is 4.79 Å². The summed E-state index contributed by atoms with van der Waals surface area (Å²) in [4.78, 5) is 10.9. The highest BCUT2D eigenvalue weighted by atomic mass is 16.5. The summed E-state index contributed by atoms with van der Waals surface area (Å²) < 4.78 is 5.04. The van der Waals surface area contributed by atoms with Gasteiger partial charge in [-0.05, 0) is 18.1 Å². The van der Waals surface area contributed by atoms with Crippen molar-refractivity contribution in [3.05, 3.63) is 23.3 Å². The lowest BCUT2D eigenvalue weighted by Crippen LogP contribution is -2.04. The Morgan fingerprint density at radius 3 is 2.40 bits per heavy atom. The van der Waals surface area contributed by atoms with E-state index in [1.165, 1.54) is 19.2 Å². The molecule has 2 N–H and O–H groups in total. The molecule has 4 nitrogen and oxygen atoms in total. The average molecular weight is 210 g/mol. The molecule has 0 atom stereocenters. The number of carboxylic acid groups (broad SMARTS) is 1. The van der Waals surface area contributed by atoms with E-state index in [0.717, 1.165) is 0 Å². The quantitative estimate of drug-likeness (QED) is 0.802. The first-order chi connectivity index (χ1) is 6.99. The van der Waals surface area contributed by atoms with Gasteiger partial charge in [0.05, 0.1) is 7.11 Å². The molecular formula is C11H14O4. The summed E-state index contributed by atoms with van der Waals surface area (Å²) in [6.07, 6.45) is 0. The molecule has 0 bridgehead atoms. The Morgan fingerprint density at radius 1 is 1.40 bits per heavy atom. The minimum absolute atomic E-state index is 0.000694. The number of hydrogen-bond donors (Lipinski definition) is 2. The van der Waals surface area contributed by atoms with Crippen molar-refractivity contribution in [3.63, 3.8) is 0 Å². The molecule has 0 unspecified atom stereocenters. The molecule has 0 radical (unpaired) electrons. The minimum Gasteiger partial charge on any atom is -0.508 e. The fourth-order valence-corrected chi connectivity index (χ4v) is 1.54. The summed E-state index contributed by atoms with van der Waals surface area (Å²) in [7, 11) is 1.40. The molecule has 0 aliphatic heterocycles. The second kappa shape index (κ2) is 4.21. The summed E-state index contributed by atoms with van der Waals surface area (Å²) >= 11 is 0. The molecule has 0 heterocycles. The first-order valence-electron chi connectivity index (χ1n) is 4.62. The van der Waals surface area contributed by atoms with Crippen LogP contribution in [-0.2, 0) is 0 Å². The number of aromatic carboxylic acids is 1. The number of carbonyl (C=O) groups is 1. The van der Waals surface area contributed by atoms with Crippen LogP contribution < -0.4 is 4.74 Å². The van der Waals surface area contributed by atoms with Crippen LogP contribution in [0.3, 0.4) is 0 Å². The second-order valence-corrected chi connectivity index (χ2v) is 3.54. The van der Waals surface area contributed by atoms with Crippen molar-refractivity contribution in [2.45, 2.75) is 19.8 Å². The van der Waals surface area contributed by atoms with Crippen LogP contribution in [0.1, 0.15) is 35.7 Å². The van der Waals surface area contributed by atoms with E-state index in [4.69, 9.17) is 9.84 Å². The summed E-state index contributed by atoms with van der Waals surface area (Å²) in [5, 5.41) is 18.6. The van der Waals surface area contributed by atoms with Gasteiger partial charge >= 0.3 is 5.97 Å². The SMILES string of the molecule is COc1c(C(=O)O)ccc(O)c1C(C)C. The normalized spacial score (nSPS) is 10.4. The van der Waals surface area contributed by atoms with Crippen molar-refractivity contribution in [1.82, 2.24) is 0 Å². The maximum Gasteiger partial charge on any atom is 0.339 e. The van der Waals surface area contributed by atoms with E-state index in [2.05, 4.69) is 0 Å². The highest BCUT2D eigenvalue weighted by Crippen LogP contribution is 2.36. The number of rotatable bonds is 3. The van der Waals surface area contributed by atoms with Crippen molar-refractivity contribution in [2.75, 3.05) is 7.11 Å². The number of aromatic hydroxyl groups is 1. The van der Waals surface area contributed by atoms with Crippen LogP contribution in [0.15, 0.2) is 12.1 Å². The van der Waals surface area contributed by atoms with Crippen LogP contribution in [0.4, 0.5) is 0 Å². The summed E-state index contributed by atoms with van der Waals surface area (Å²) in [6.45, 7) is 3.73. The van der Waals surface area contributed by atoms with Crippen LogP contribution in [0.2, 0.25) is 0 Å². The third-order valence-corrected chi connectivity index (χ3v) is 2.18. The van der Waals surface area contributed by atoms with E-state index in [1.807, 2.05) is 13.8 Å². The maximum absolute atomic E-state index is 10.9. The molecule has 1 aromatic rings. The van der Waals surface area contributed by atoms with Crippen LogP contribution >= 0.6 is 0 Å². The molecule has 0 saturated heterocycles. The molecule has 82 valence electrons. The number of ether oxygens (including phenoxy) is 1. The van der Waals surface area contributed by atoms with Crippen molar-refractivity contribution in [3.8, 4) is 11.5 Å². The highest BCUT2D eigenvalue weighted by Gasteiger charge is 2.20. The van der Waals surface area contributed by atoms with E-state index in [9.17, 15) is 9.90 Å². The fraction of sp³-hybridized carbons (Fsp3) is 0.364. The molecule has 0 aliphatic rings. The largest absolute Gasteiger partial charge is 0.508 e. The Bertz CT molecular complexity index is 382. The summed E-state index contributed by atoms with van der Waals surface area (Å²) in [5.74, 6) is -0.766. The molecule has 15 heavy (non-hydrogen) atoms. The maximum atomic E-state index is 10.9.